The highest BCUT2D eigenvalue weighted by molar-refractivity contribution is 5.84. The third-order valence-corrected chi connectivity index (χ3v) is 26.6. The van der Waals surface area contributed by atoms with Crippen LogP contribution in [0.25, 0.3) is 101 Å². The molecule has 20 heterocycles. The Bertz CT molecular complexity index is 7230. The summed E-state index contributed by atoms with van der Waals surface area (Å²) in [6, 6.07) is 28.4. The number of piperidine rings is 2. The number of nitrogens with one attached hydrogen (secondary N) is 1. The molecule has 0 unspecified atom stereocenters. The molecule has 0 amide bonds. The largest absolute Gasteiger partial charge is 0.395 e. The number of likely N-dealkylation sites (tertiary alicyclic amines) is 2. The van der Waals surface area contributed by atoms with Crippen molar-refractivity contribution in [3.8, 4) is 45.3 Å². The van der Waals surface area contributed by atoms with Crippen molar-refractivity contribution in [2.45, 2.75) is 170 Å². The van der Waals surface area contributed by atoms with E-state index in [-0.39, 0.29) is 28.8 Å². The van der Waals surface area contributed by atoms with Gasteiger partial charge in [0.05, 0.1) is 104 Å². The van der Waals surface area contributed by atoms with E-state index in [1.807, 2.05) is 147 Å². The molecule has 22 rings (SSSR count). The van der Waals surface area contributed by atoms with Crippen molar-refractivity contribution in [2.24, 2.45) is 7.05 Å². The highest BCUT2D eigenvalue weighted by Crippen LogP contribution is 2.37. The van der Waals surface area contributed by atoms with Crippen molar-refractivity contribution in [1.82, 2.24) is 111 Å². The fourth-order valence-electron chi connectivity index (χ4n) is 19.7. The van der Waals surface area contributed by atoms with Gasteiger partial charge in [-0.1, -0.05) is 51.5 Å². The number of β-amino-alcohol motifs (C(OH)–C–C–N with tert-alkyl or cyclic N) is 1. The summed E-state index contributed by atoms with van der Waals surface area (Å²) in [7, 11) is 1.89. The Morgan fingerprint density at radius 1 is 0.457 bits per heavy atom. The Hall–Kier alpha value is -12.7. The average Bonchev–Trinajstić information content (AvgIpc) is 1.27. The number of hydrogen-bond donors (Lipinski definition) is 2. The predicted molar refractivity (Wildman–Crippen MR) is 497 cm³/mol. The molecule has 6 aliphatic rings. The highest BCUT2D eigenvalue weighted by atomic mass is 16.3. The molecule has 0 radical (unpaired) electrons. The molecule has 15 aromatic heterocycles. The summed E-state index contributed by atoms with van der Waals surface area (Å²) in [5, 5.41) is 27.3. The molecule has 1 aromatic carbocycles. The highest BCUT2D eigenvalue weighted by Gasteiger charge is 2.33. The second kappa shape index (κ2) is 35.3. The lowest BCUT2D eigenvalue weighted by atomic mass is 9.85. The van der Waals surface area contributed by atoms with Crippen LogP contribution in [0, 0.1) is 41.5 Å². The summed E-state index contributed by atoms with van der Waals surface area (Å²) in [6.07, 6.45) is 34.2. The first-order chi connectivity index (χ1) is 61.6. The average molecular weight is 1700 g/mol. The zero-order valence-electron chi connectivity index (χ0n) is 74.2. The maximum Gasteiger partial charge on any atom is 0.258 e. The standard InChI is InChI=1S/C27H32N6O.C25H30N6O2.C25H28N6O.C21H20N6O/c1-4-22-25-13-24(30-33(25)15-18(3)28-22)23-14-26(34)32-16-20(12-17(2)27(32)29-23)19-8-10-31(11-9-19)21-6-5-7-21;1-4-20-23-12-22(28-31(23)14-17(3)26-20)21-13-24(33)30-15-19(11-16(2)25(30)27-21)18-5-7-29(8-6-18)9-10-32;1-3-18-11-19(14-30-13-17(2)26-25(18)30)22-12-24(32)31-16-21(6-7-23(31)27-22)29-10-9-28-8-4-5-20(28)15-29;1-13-21-24-18(15-3-4-17-16(9-15)11-26(2)25-17)10-20(28)27(21)12-19(23-13)14-5-7-22-8-6-14/h12-16,19,21H,4-11H2,1-3H3;11-15,18,32H,4-10H2,1-3H3;6-7,11-14,16,20H,3-5,8-10,15H2,1-2H3;3-5,9-12,22H,6-8H2,1-2H3/t;;20-;/m..1./s1. The molecule has 1 saturated carbocycles. The lowest BCUT2D eigenvalue weighted by Gasteiger charge is -2.42. The third kappa shape index (κ3) is 17.0. The molecule has 652 valence electrons. The van der Waals surface area contributed by atoms with Crippen LogP contribution in [-0.2, 0) is 26.3 Å². The van der Waals surface area contributed by atoms with Gasteiger partial charge in [-0.2, -0.15) is 15.3 Å². The van der Waals surface area contributed by atoms with E-state index in [1.54, 1.807) is 46.6 Å². The number of rotatable bonds is 14. The van der Waals surface area contributed by atoms with Crippen LogP contribution in [0.5, 0.6) is 0 Å². The Morgan fingerprint density at radius 2 is 1.05 bits per heavy atom. The number of aromatic nitrogens is 19. The number of aliphatic hydroxyl groups excluding tert-OH is 1. The predicted octanol–water partition coefficient (Wildman–Crippen LogP) is 12.6. The van der Waals surface area contributed by atoms with Gasteiger partial charge in [0.2, 0.25) is 0 Å². The maximum absolute atomic E-state index is 13.2. The minimum Gasteiger partial charge on any atom is -0.395 e. The molecule has 1 aliphatic carbocycles. The van der Waals surface area contributed by atoms with Crippen LogP contribution in [0.15, 0.2) is 166 Å². The van der Waals surface area contributed by atoms with Crippen molar-refractivity contribution >= 4 is 61.4 Å². The SMILES string of the molecule is CCc1cc(-c2cc(=O)n3cc(N4CCN5CCC[C@@H]5C4)ccc3n2)cn2cc(C)nc12.CCc1nc(C)cn2nc(-c3cc(=O)n4cc(C5CCN(C6CCC6)CC5)cc(C)c4n3)cc12.CCc1nc(C)cn2nc(-c3cc(=O)n4cc(C5CCN(CCO)CC5)cc(C)c4n3)cc12.Cc1nc(C2=CCNCC2)cn2c(=O)cc(-c3ccc4nn(C)cc4c3)nc12. The van der Waals surface area contributed by atoms with Crippen molar-refractivity contribution in [2.75, 3.05) is 83.5 Å². The minimum absolute atomic E-state index is 0.0497. The topological polar surface area (TPSA) is 291 Å². The fourth-order valence-corrected chi connectivity index (χ4v) is 19.7. The molecule has 5 fully saturated rings. The van der Waals surface area contributed by atoms with Gasteiger partial charge in [0.25, 0.3) is 22.2 Å². The van der Waals surface area contributed by atoms with Crippen LogP contribution in [-0.4, -0.2) is 201 Å². The van der Waals surface area contributed by atoms with E-state index in [9.17, 15) is 24.3 Å². The Labute approximate surface area is 734 Å². The Balaban J connectivity index is 0.000000111. The van der Waals surface area contributed by atoms with Crippen molar-refractivity contribution in [3.05, 3.63) is 256 Å². The van der Waals surface area contributed by atoms with Gasteiger partial charge < -0.3 is 29.5 Å². The van der Waals surface area contributed by atoms with Gasteiger partial charge in [-0.15, -0.1) is 0 Å². The first-order valence-corrected chi connectivity index (χ1v) is 45.3. The molecular weight excluding hydrogens is 1590 g/mol. The van der Waals surface area contributed by atoms with Crippen LogP contribution < -0.4 is 32.5 Å². The number of aliphatic hydroxyl groups is 1. The number of anilines is 1. The molecule has 29 heteroatoms. The number of benzene rings is 1. The second-order valence-electron chi connectivity index (χ2n) is 35.3. The molecule has 127 heavy (non-hydrogen) atoms. The number of piperazine rings is 1. The van der Waals surface area contributed by atoms with E-state index in [2.05, 4.69) is 108 Å². The van der Waals surface area contributed by atoms with Crippen LogP contribution >= 0.6 is 0 Å². The molecule has 16 aromatic rings. The van der Waals surface area contributed by atoms with E-state index in [0.717, 1.165) is 211 Å². The number of aryl methyl sites for hydroxylation is 10. The van der Waals surface area contributed by atoms with E-state index in [0.29, 0.717) is 74.6 Å². The van der Waals surface area contributed by atoms with Gasteiger partial charge in [-0.25, -0.2) is 38.9 Å². The molecule has 29 nitrogen and oxygen atoms in total. The van der Waals surface area contributed by atoms with Gasteiger partial charge >= 0.3 is 0 Å². The van der Waals surface area contributed by atoms with Gasteiger partial charge in [0, 0.05) is 136 Å². The summed E-state index contributed by atoms with van der Waals surface area (Å²) in [5.41, 5.74) is 26.2. The van der Waals surface area contributed by atoms with Crippen LogP contribution in [0.1, 0.15) is 164 Å². The van der Waals surface area contributed by atoms with Gasteiger partial charge in [0.15, 0.2) is 5.65 Å². The summed E-state index contributed by atoms with van der Waals surface area (Å²) < 4.78 is 14.2. The third-order valence-electron chi connectivity index (χ3n) is 26.6. The number of pyridine rings is 4. The van der Waals surface area contributed by atoms with Crippen LogP contribution in [0.3, 0.4) is 0 Å². The maximum atomic E-state index is 13.2. The molecular formula is C98H110N24O5. The molecule has 0 spiro atoms. The first kappa shape index (κ1) is 83.9. The molecule has 1 atom stereocenters. The minimum atomic E-state index is -0.104. The zero-order chi connectivity index (χ0) is 87.6. The van der Waals surface area contributed by atoms with Crippen molar-refractivity contribution < 1.29 is 5.11 Å². The van der Waals surface area contributed by atoms with E-state index < -0.39 is 0 Å². The smallest absolute Gasteiger partial charge is 0.258 e. The molecule has 5 aliphatic heterocycles. The zero-order valence-corrected chi connectivity index (χ0v) is 74.2. The number of nitrogens with zero attached hydrogens (tertiary/aromatic N) is 23. The van der Waals surface area contributed by atoms with E-state index in [1.165, 1.54) is 68.4 Å². The van der Waals surface area contributed by atoms with Crippen molar-refractivity contribution in [3.63, 3.8) is 0 Å². The van der Waals surface area contributed by atoms with Gasteiger partial charge in [-0.3, -0.25) is 56.3 Å². The van der Waals surface area contributed by atoms with Crippen molar-refractivity contribution in [1.29, 1.82) is 0 Å². The van der Waals surface area contributed by atoms with Crippen LogP contribution in [0.2, 0.25) is 0 Å². The quantitative estimate of drug-likeness (QED) is 0.102. The Kier molecular flexibility index (Phi) is 23.3. The Morgan fingerprint density at radius 3 is 1.65 bits per heavy atom. The number of imidazole rings is 1. The lowest BCUT2D eigenvalue weighted by Crippen LogP contribution is -2.50. The van der Waals surface area contributed by atoms with Gasteiger partial charge in [-0.05, 0) is 246 Å². The normalized spacial score (nSPS) is 17.0. The van der Waals surface area contributed by atoms with E-state index >= 15 is 0 Å². The molecule has 2 N–H and O–H groups in total. The second-order valence-corrected chi connectivity index (χ2v) is 35.3. The summed E-state index contributed by atoms with van der Waals surface area (Å²) in [5.74, 6) is 0.920. The molecule has 4 saturated heterocycles. The fraction of sp³-hybridized carbons (Fsp3) is 0.398. The monoisotopic (exact) mass is 1700 g/mol. The van der Waals surface area contributed by atoms with E-state index in [4.69, 9.17) is 30.0 Å². The summed E-state index contributed by atoms with van der Waals surface area (Å²) in [4.78, 5) is 100. The summed E-state index contributed by atoms with van der Waals surface area (Å²) in [6.45, 7) is 29.5. The molecule has 0 bridgehead atoms. The number of hydrogen-bond acceptors (Lipinski definition) is 21. The first-order valence-electron chi connectivity index (χ1n) is 45.3. The lowest BCUT2D eigenvalue weighted by molar-refractivity contribution is 0.0975. The number of fused-ring (bicyclic) bond motifs is 9. The van der Waals surface area contributed by atoms with Gasteiger partial charge in [0.1, 0.15) is 34.0 Å². The van der Waals surface area contributed by atoms with Crippen LogP contribution in [0.4, 0.5) is 5.69 Å². The summed E-state index contributed by atoms with van der Waals surface area (Å²) >= 11 is 0.